The Morgan fingerprint density at radius 2 is 2.14 bits per heavy atom. The molecule has 0 unspecified atom stereocenters. The number of hydrogen-bond donors (Lipinski definition) is 3. The van der Waals surface area contributed by atoms with Gasteiger partial charge < -0.3 is 19.9 Å². The van der Waals surface area contributed by atoms with Crippen molar-refractivity contribution in [1.29, 1.82) is 0 Å². The summed E-state index contributed by atoms with van der Waals surface area (Å²) in [5.74, 6) is -1.17. The van der Waals surface area contributed by atoms with Gasteiger partial charge in [0.25, 0.3) is 11.9 Å². The zero-order chi connectivity index (χ0) is 11.0. The Labute approximate surface area is 80.2 Å². The Balaban J connectivity index is 0.000000364. The smallest absolute Gasteiger partial charge is 0.300 e. The maximum absolute atomic E-state index is 10.8. The van der Waals surface area contributed by atoms with Crippen LogP contribution in [-0.4, -0.2) is 28.8 Å². The summed E-state index contributed by atoms with van der Waals surface area (Å²) >= 11 is 0. The molecule has 0 saturated carbocycles. The number of carbonyl (C=O) groups is 2. The van der Waals surface area contributed by atoms with Crippen LogP contribution >= 0.6 is 0 Å². The van der Waals surface area contributed by atoms with Gasteiger partial charge >= 0.3 is 0 Å². The first-order valence-corrected chi connectivity index (χ1v) is 3.68. The number of rotatable bonds is 2. The van der Waals surface area contributed by atoms with Crippen molar-refractivity contribution in [3.8, 4) is 0 Å². The van der Waals surface area contributed by atoms with Gasteiger partial charge in [0, 0.05) is 6.92 Å². The van der Waals surface area contributed by atoms with Crippen LogP contribution in [-0.2, 0) is 4.79 Å². The molecule has 1 aromatic heterocycles. The lowest BCUT2D eigenvalue weighted by Crippen LogP contribution is -2.23. The summed E-state index contributed by atoms with van der Waals surface area (Å²) in [4.78, 5) is 19.8. The van der Waals surface area contributed by atoms with Gasteiger partial charge in [-0.25, -0.2) is 0 Å². The van der Waals surface area contributed by atoms with Crippen LogP contribution in [0.25, 0.3) is 0 Å². The molecule has 0 aliphatic heterocycles. The van der Waals surface area contributed by atoms with E-state index in [0.717, 1.165) is 6.92 Å². The monoisotopic (exact) mass is 201 g/mol. The van der Waals surface area contributed by atoms with Crippen LogP contribution in [0.2, 0.25) is 0 Å². The number of hydrogen-bond acceptors (Lipinski definition) is 4. The highest BCUT2D eigenvalue weighted by atomic mass is 16.4. The van der Waals surface area contributed by atoms with Crippen molar-refractivity contribution in [2.24, 2.45) is 0 Å². The van der Waals surface area contributed by atoms with Crippen molar-refractivity contribution in [3.63, 3.8) is 0 Å². The summed E-state index contributed by atoms with van der Waals surface area (Å²) in [6.45, 7) is 0.726. The molecule has 14 heavy (non-hydrogen) atoms. The molecule has 1 heterocycles. The normalized spacial score (nSPS) is 8.43. The van der Waals surface area contributed by atoms with Gasteiger partial charge in [-0.3, -0.25) is 9.59 Å². The largest absolute Gasteiger partial charge is 0.481 e. The molecule has 6 nitrogen and oxygen atoms in total. The van der Waals surface area contributed by atoms with E-state index in [1.54, 1.807) is 0 Å². The first kappa shape index (κ1) is 12.2. The second-order valence-electron chi connectivity index (χ2n) is 2.20. The van der Waals surface area contributed by atoms with E-state index in [9.17, 15) is 4.79 Å². The molecular formula is C8H11NO5. The molecule has 0 aromatic carbocycles. The Hall–Kier alpha value is -1.82. The maximum Gasteiger partial charge on any atom is 0.300 e. The van der Waals surface area contributed by atoms with Crippen LogP contribution in [0.15, 0.2) is 23.0 Å². The molecule has 0 fully saturated rings. The van der Waals surface area contributed by atoms with Gasteiger partial charge in [0.15, 0.2) is 0 Å². The molecule has 6 heteroatoms. The zero-order valence-electron chi connectivity index (χ0n) is 7.56. The third-order valence-corrected chi connectivity index (χ3v) is 1.02. The SMILES string of the molecule is CC(=O)O.O=C(NCO)c1ccoc1. The number of carboxylic acids is 1. The second-order valence-corrected chi connectivity index (χ2v) is 2.20. The topological polar surface area (TPSA) is 99.8 Å². The molecule has 0 aliphatic rings. The van der Waals surface area contributed by atoms with E-state index in [0.29, 0.717) is 5.56 Å². The average Bonchev–Trinajstić information content (AvgIpc) is 2.55. The fourth-order valence-corrected chi connectivity index (χ4v) is 0.568. The Morgan fingerprint density at radius 1 is 1.57 bits per heavy atom. The number of amides is 1. The highest BCUT2D eigenvalue weighted by Gasteiger charge is 2.03. The van der Waals surface area contributed by atoms with Gasteiger partial charge in [0.05, 0.1) is 11.8 Å². The van der Waals surface area contributed by atoms with Gasteiger partial charge in [-0.1, -0.05) is 0 Å². The number of carbonyl (C=O) groups excluding carboxylic acids is 1. The van der Waals surface area contributed by atoms with Crippen molar-refractivity contribution < 1.29 is 24.2 Å². The fraction of sp³-hybridized carbons (Fsp3) is 0.250. The third-order valence-electron chi connectivity index (χ3n) is 1.02. The summed E-state index contributed by atoms with van der Waals surface area (Å²) in [5, 5.41) is 17.9. The number of aliphatic carboxylic acids is 1. The van der Waals surface area contributed by atoms with Crippen LogP contribution in [0, 0.1) is 0 Å². The lowest BCUT2D eigenvalue weighted by molar-refractivity contribution is -0.134. The Kier molecular flexibility index (Phi) is 5.80. The minimum Gasteiger partial charge on any atom is -0.481 e. The van der Waals surface area contributed by atoms with Crippen LogP contribution in [0.4, 0.5) is 0 Å². The summed E-state index contributed by atoms with van der Waals surface area (Å²) in [7, 11) is 0. The molecule has 0 saturated heterocycles. The lowest BCUT2D eigenvalue weighted by atomic mass is 10.3. The molecule has 1 rings (SSSR count). The molecule has 78 valence electrons. The summed E-state index contributed by atoms with van der Waals surface area (Å²) in [5.41, 5.74) is 0.411. The van der Waals surface area contributed by atoms with Crippen LogP contribution in [0.3, 0.4) is 0 Å². The van der Waals surface area contributed by atoms with Crippen molar-refractivity contribution in [3.05, 3.63) is 24.2 Å². The Morgan fingerprint density at radius 3 is 2.50 bits per heavy atom. The summed E-state index contributed by atoms with van der Waals surface area (Å²) in [6, 6.07) is 1.52. The van der Waals surface area contributed by atoms with Crippen LogP contribution < -0.4 is 5.32 Å². The standard InChI is InChI=1S/C6H7NO3.C2H4O2/c8-4-7-6(9)5-1-2-10-3-5;1-2(3)4/h1-3,8H,4H2,(H,7,9);1H3,(H,3,4). The molecule has 1 aromatic rings. The van der Waals surface area contributed by atoms with E-state index < -0.39 is 5.97 Å². The average molecular weight is 201 g/mol. The van der Waals surface area contributed by atoms with Crippen molar-refractivity contribution >= 4 is 11.9 Å². The number of carboxylic acid groups (broad SMARTS) is 1. The summed E-state index contributed by atoms with van der Waals surface area (Å²) < 4.78 is 4.64. The van der Waals surface area contributed by atoms with Crippen LogP contribution in [0.1, 0.15) is 17.3 Å². The number of aliphatic hydroxyl groups excluding tert-OH is 1. The molecular weight excluding hydrogens is 190 g/mol. The first-order valence-electron chi connectivity index (χ1n) is 3.68. The molecule has 0 atom stereocenters. The highest BCUT2D eigenvalue weighted by molar-refractivity contribution is 5.93. The molecule has 0 spiro atoms. The number of furan rings is 1. The molecule has 1 amide bonds. The minimum atomic E-state index is -0.833. The van der Waals surface area contributed by atoms with Gasteiger partial charge in [-0.15, -0.1) is 0 Å². The van der Waals surface area contributed by atoms with Crippen molar-refractivity contribution in [1.82, 2.24) is 5.32 Å². The third kappa shape index (κ3) is 5.78. The molecule has 0 radical (unpaired) electrons. The zero-order valence-corrected chi connectivity index (χ0v) is 7.56. The highest BCUT2D eigenvalue weighted by Crippen LogP contribution is 1.97. The minimum absolute atomic E-state index is 0.337. The van der Waals surface area contributed by atoms with E-state index in [2.05, 4.69) is 9.73 Å². The quantitative estimate of drug-likeness (QED) is 0.587. The predicted molar refractivity (Wildman–Crippen MR) is 46.6 cm³/mol. The van der Waals surface area contributed by atoms with Crippen molar-refractivity contribution in [2.45, 2.75) is 6.92 Å². The van der Waals surface area contributed by atoms with Crippen molar-refractivity contribution in [2.75, 3.05) is 6.73 Å². The van der Waals surface area contributed by atoms with Gasteiger partial charge in [0.2, 0.25) is 0 Å². The molecule has 3 N–H and O–H groups in total. The maximum atomic E-state index is 10.8. The van der Waals surface area contributed by atoms with E-state index in [1.165, 1.54) is 18.6 Å². The summed E-state index contributed by atoms with van der Waals surface area (Å²) in [6.07, 6.45) is 2.71. The van der Waals surface area contributed by atoms with Gasteiger partial charge in [0.1, 0.15) is 13.0 Å². The molecule has 0 bridgehead atoms. The van der Waals surface area contributed by atoms with Crippen LogP contribution in [0.5, 0.6) is 0 Å². The van der Waals surface area contributed by atoms with E-state index in [-0.39, 0.29) is 12.6 Å². The van der Waals surface area contributed by atoms with E-state index >= 15 is 0 Å². The van der Waals surface area contributed by atoms with Gasteiger partial charge in [-0.2, -0.15) is 0 Å². The van der Waals surface area contributed by atoms with Gasteiger partial charge in [-0.05, 0) is 6.07 Å². The Bertz CT molecular complexity index is 276. The van der Waals surface area contributed by atoms with E-state index in [1.807, 2.05) is 0 Å². The second kappa shape index (κ2) is 6.67. The fourth-order valence-electron chi connectivity index (χ4n) is 0.568. The lowest BCUT2D eigenvalue weighted by Gasteiger charge is -1.94. The first-order chi connectivity index (χ1) is 6.57. The van der Waals surface area contributed by atoms with E-state index in [4.69, 9.17) is 15.0 Å². The number of nitrogens with one attached hydrogen (secondary N) is 1. The predicted octanol–water partition coefficient (Wildman–Crippen LogP) is 0.0501. The number of aliphatic hydroxyl groups is 1. The molecule has 0 aliphatic carbocycles.